The van der Waals surface area contributed by atoms with E-state index in [1.54, 1.807) is 31.2 Å². The summed E-state index contributed by atoms with van der Waals surface area (Å²) in [6.45, 7) is 12.0. The van der Waals surface area contributed by atoms with Crippen molar-refractivity contribution in [2.24, 2.45) is 17.1 Å². The van der Waals surface area contributed by atoms with Gasteiger partial charge in [-0.15, -0.1) is 5.92 Å². The Morgan fingerprint density at radius 3 is 2.56 bits per heavy atom. The number of cyclic esters (lactones) is 1. The van der Waals surface area contributed by atoms with Crippen LogP contribution in [0.5, 0.6) is 0 Å². The highest BCUT2D eigenvalue weighted by atomic mass is 16.6. The number of hydrogen-bond acceptors (Lipinski definition) is 8. The topological polar surface area (TPSA) is 158 Å². The van der Waals surface area contributed by atoms with Crippen molar-refractivity contribution in [3.05, 3.63) is 60.1 Å². The lowest BCUT2D eigenvalue weighted by molar-refractivity contribution is -0.151. The fraction of sp³-hybridized carbons (Fsp3) is 0.529. The summed E-state index contributed by atoms with van der Waals surface area (Å²) in [5, 5.41) is 8.12. The van der Waals surface area contributed by atoms with Gasteiger partial charge in [-0.25, -0.2) is 9.59 Å². The average molecular weight is 627 g/mol. The Hall–Kier alpha value is -4.30. The minimum Gasteiger partial charge on any atom is -0.490 e. The van der Waals surface area contributed by atoms with E-state index in [2.05, 4.69) is 27.8 Å². The molecule has 1 rings (SSSR count). The monoisotopic (exact) mass is 626 g/mol. The van der Waals surface area contributed by atoms with Crippen LogP contribution < -0.4 is 21.7 Å². The van der Waals surface area contributed by atoms with Crippen molar-refractivity contribution in [3.8, 4) is 11.8 Å². The minimum atomic E-state index is -0.817. The highest BCUT2D eigenvalue weighted by molar-refractivity contribution is 5.93. The summed E-state index contributed by atoms with van der Waals surface area (Å²) in [5.41, 5.74) is 5.81. The van der Waals surface area contributed by atoms with Crippen molar-refractivity contribution in [2.45, 2.75) is 85.5 Å². The Morgan fingerprint density at radius 1 is 1.22 bits per heavy atom. The maximum atomic E-state index is 13.0. The molecular formula is C34H50N4O7. The first-order valence-electron chi connectivity index (χ1n) is 15.1. The van der Waals surface area contributed by atoms with Crippen LogP contribution in [0.3, 0.4) is 0 Å². The molecule has 0 aromatic rings. The van der Waals surface area contributed by atoms with E-state index < -0.39 is 35.5 Å². The van der Waals surface area contributed by atoms with Crippen molar-refractivity contribution in [1.82, 2.24) is 16.0 Å². The first kappa shape index (κ1) is 38.7. The number of methoxy groups -OCH3 is 1. The molecule has 1 heterocycles. The van der Waals surface area contributed by atoms with Crippen LogP contribution in [-0.2, 0) is 28.6 Å². The second-order valence-electron chi connectivity index (χ2n) is 11.6. The number of carbonyl (C=O) groups excluding carboxylic acids is 4. The third-order valence-electron chi connectivity index (χ3n) is 6.63. The van der Waals surface area contributed by atoms with Gasteiger partial charge in [0, 0.05) is 37.8 Å². The van der Waals surface area contributed by atoms with Crippen LogP contribution in [0.25, 0.3) is 0 Å². The molecule has 0 bridgehead atoms. The molecule has 248 valence electrons. The first-order valence-corrected chi connectivity index (χ1v) is 15.1. The molecule has 0 spiro atoms. The molecule has 11 heteroatoms. The molecule has 0 fully saturated rings. The number of nitrogens with one attached hydrogen (secondary N) is 3. The molecule has 4 atom stereocenters. The van der Waals surface area contributed by atoms with Gasteiger partial charge in [0.15, 0.2) is 5.76 Å². The predicted molar refractivity (Wildman–Crippen MR) is 174 cm³/mol. The zero-order valence-electron chi connectivity index (χ0n) is 27.6. The van der Waals surface area contributed by atoms with E-state index in [9.17, 15) is 19.2 Å². The predicted octanol–water partition coefficient (Wildman–Crippen LogP) is 3.93. The summed E-state index contributed by atoms with van der Waals surface area (Å²) in [5.74, 6) is 4.62. The lowest BCUT2D eigenvalue weighted by Crippen LogP contribution is -2.52. The van der Waals surface area contributed by atoms with Crippen molar-refractivity contribution < 1.29 is 33.4 Å². The molecule has 0 aromatic carbocycles. The van der Waals surface area contributed by atoms with Gasteiger partial charge >= 0.3 is 12.1 Å². The molecule has 4 unspecified atom stereocenters. The number of alkyl carbamates (subject to hydrolysis) is 1. The lowest BCUT2D eigenvalue weighted by atomic mass is 9.86. The Morgan fingerprint density at radius 2 is 1.93 bits per heavy atom. The maximum absolute atomic E-state index is 13.0. The summed E-state index contributed by atoms with van der Waals surface area (Å²) < 4.78 is 15.9. The van der Waals surface area contributed by atoms with Crippen molar-refractivity contribution in [3.63, 3.8) is 0 Å². The molecule has 0 saturated heterocycles. The van der Waals surface area contributed by atoms with Gasteiger partial charge in [0.1, 0.15) is 18.2 Å². The SMILES string of the molecule is CC#CCC(CC=CNC(=O)C(NC(=O)C=CC=CC(C)=CC(C)C1CC=C(OC)C(=O)O1)C(C)(C)C)OC(=O)NCCCN. The molecule has 0 aliphatic carbocycles. The molecule has 0 radical (unpaired) electrons. The fourth-order valence-corrected chi connectivity index (χ4v) is 4.15. The summed E-state index contributed by atoms with van der Waals surface area (Å²) in [6, 6.07) is -0.817. The number of rotatable bonds is 16. The van der Waals surface area contributed by atoms with Gasteiger partial charge in [-0.1, -0.05) is 69.6 Å². The molecule has 3 amide bonds. The quantitative estimate of drug-likeness (QED) is 0.0660. The number of hydrogen-bond donors (Lipinski definition) is 4. The minimum absolute atomic E-state index is 0.0185. The number of amides is 3. The third-order valence-corrected chi connectivity index (χ3v) is 6.63. The van der Waals surface area contributed by atoms with Crippen molar-refractivity contribution in [1.29, 1.82) is 0 Å². The van der Waals surface area contributed by atoms with E-state index in [4.69, 9.17) is 19.9 Å². The number of nitrogens with two attached hydrogens (primary N) is 1. The second kappa shape index (κ2) is 20.6. The van der Waals surface area contributed by atoms with Crippen LogP contribution in [0.15, 0.2) is 60.1 Å². The first-order chi connectivity index (χ1) is 21.3. The van der Waals surface area contributed by atoms with Crippen LogP contribution in [-0.4, -0.2) is 62.3 Å². The molecular weight excluding hydrogens is 576 g/mol. The number of ether oxygens (including phenoxy) is 3. The summed E-state index contributed by atoms with van der Waals surface area (Å²) >= 11 is 0. The second-order valence-corrected chi connectivity index (χ2v) is 11.6. The number of carbonyl (C=O) groups is 4. The third kappa shape index (κ3) is 15.8. The Kier molecular flexibility index (Phi) is 17.7. The van der Waals surface area contributed by atoms with Crippen LogP contribution in [0.2, 0.25) is 0 Å². The van der Waals surface area contributed by atoms with E-state index in [1.165, 1.54) is 19.4 Å². The highest BCUT2D eigenvalue weighted by Gasteiger charge is 2.32. The van der Waals surface area contributed by atoms with Gasteiger partial charge in [-0.3, -0.25) is 9.59 Å². The van der Waals surface area contributed by atoms with Crippen LogP contribution in [0.4, 0.5) is 4.79 Å². The van der Waals surface area contributed by atoms with E-state index >= 15 is 0 Å². The zero-order chi connectivity index (χ0) is 33.8. The summed E-state index contributed by atoms with van der Waals surface area (Å²) in [4.78, 5) is 49.6. The van der Waals surface area contributed by atoms with Gasteiger partial charge in [-0.05, 0) is 44.5 Å². The Bertz CT molecular complexity index is 1210. The van der Waals surface area contributed by atoms with E-state index in [-0.39, 0.29) is 23.7 Å². The van der Waals surface area contributed by atoms with Gasteiger partial charge in [-0.2, -0.15) is 0 Å². The molecule has 1 aliphatic rings. The average Bonchev–Trinajstić information content (AvgIpc) is 2.98. The van der Waals surface area contributed by atoms with E-state index in [0.29, 0.717) is 38.8 Å². The van der Waals surface area contributed by atoms with E-state index in [1.807, 2.05) is 46.8 Å². The Balaban J connectivity index is 2.69. The largest absolute Gasteiger partial charge is 0.490 e. The smallest absolute Gasteiger partial charge is 0.407 e. The maximum Gasteiger partial charge on any atom is 0.407 e. The molecule has 1 aliphatic heterocycles. The lowest BCUT2D eigenvalue weighted by Gasteiger charge is -2.29. The normalized spacial score (nSPS) is 17.5. The van der Waals surface area contributed by atoms with Gasteiger partial charge in [0.25, 0.3) is 0 Å². The van der Waals surface area contributed by atoms with Crippen LogP contribution >= 0.6 is 0 Å². The standard InChI is InChI=1S/C34H50N4O7/c1-8-9-15-26(44-33(42)37-22-13-20-35)16-12-21-36-31(40)30(34(4,5)6)38-29(39)17-11-10-14-24(2)23-25(3)27-18-19-28(43-7)32(41)45-27/h10-12,14,17,19,21,23,25-27,30H,13,15-16,18,20,22,35H2,1-7H3,(H,36,40)(H,37,42)(H,38,39). The van der Waals surface area contributed by atoms with Crippen LogP contribution in [0, 0.1) is 23.2 Å². The van der Waals surface area contributed by atoms with Gasteiger partial charge in [0.05, 0.1) is 7.11 Å². The summed E-state index contributed by atoms with van der Waals surface area (Å²) in [7, 11) is 1.44. The zero-order valence-corrected chi connectivity index (χ0v) is 27.6. The molecule has 11 nitrogen and oxygen atoms in total. The van der Waals surface area contributed by atoms with Crippen molar-refractivity contribution in [2.75, 3.05) is 20.2 Å². The van der Waals surface area contributed by atoms with E-state index in [0.717, 1.165) is 5.57 Å². The number of esters is 1. The molecule has 5 N–H and O–H groups in total. The molecule has 0 aromatic heterocycles. The number of allylic oxidation sites excluding steroid dienone is 4. The molecule has 45 heavy (non-hydrogen) atoms. The van der Waals surface area contributed by atoms with Gasteiger partial charge in [0.2, 0.25) is 11.8 Å². The Labute approximate surface area is 267 Å². The highest BCUT2D eigenvalue weighted by Crippen LogP contribution is 2.23. The van der Waals surface area contributed by atoms with Crippen LogP contribution in [0.1, 0.15) is 67.2 Å². The molecule has 0 saturated carbocycles. The van der Waals surface area contributed by atoms with Crippen molar-refractivity contribution >= 4 is 23.9 Å². The van der Waals surface area contributed by atoms with Gasteiger partial charge < -0.3 is 35.9 Å². The fourth-order valence-electron chi connectivity index (χ4n) is 4.15. The summed E-state index contributed by atoms with van der Waals surface area (Å²) in [6.07, 6.45) is 14.0.